The molecule has 0 amide bonds. The van der Waals surface area contributed by atoms with E-state index >= 15 is 0 Å². The number of Topliss-reactive ketones (excluding diaryl/α,β-unsaturated/α-hetero) is 1. The second-order valence-electron chi connectivity index (χ2n) is 11.5. The van der Waals surface area contributed by atoms with Crippen LogP contribution in [0.1, 0.15) is 85.5 Å². The monoisotopic (exact) mass is 416 g/mol. The Hall–Kier alpha value is -1.16. The van der Waals surface area contributed by atoms with Gasteiger partial charge in [0.05, 0.1) is 6.10 Å². The van der Waals surface area contributed by atoms with Crippen LogP contribution in [0.4, 0.5) is 0 Å². The molecule has 4 fully saturated rings. The molecule has 0 heterocycles. The molecule has 4 nitrogen and oxygen atoms in total. The third-order valence-electron chi connectivity index (χ3n) is 10.3. The standard InChI is InChI=1S/C26H40O4/c1-5-17-21-14-16(27)10-12-26(21,4)20-11-13-25(3)18(15(2)6-9-22(28)29)7-8-19(25)23(20)24(17)30/h5,15-16,18-21,23,27H,6-14H2,1-4H3,(H,28,29)/t15-,16-,18-,19+,20+,21+,23+,25-,26-/m1/s1. The first-order valence-electron chi connectivity index (χ1n) is 12.2. The van der Waals surface area contributed by atoms with Crippen LogP contribution >= 0.6 is 0 Å². The molecule has 30 heavy (non-hydrogen) atoms. The Morgan fingerprint density at radius 1 is 1.13 bits per heavy atom. The van der Waals surface area contributed by atoms with Gasteiger partial charge >= 0.3 is 5.97 Å². The molecule has 0 aromatic heterocycles. The Bertz CT molecular complexity index is 741. The van der Waals surface area contributed by atoms with Crippen molar-refractivity contribution >= 4 is 11.8 Å². The second-order valence-corrected chi connectivity index (χ2v) is 11.5. The Kier molecular flexibility index (Phi) is 5.70. The number of hydrogen-bond acceptors (Lipinski definition) is 3. The van der Waals surface area contributed by atoms with Crippen molar-refractivity contribution in [1.29, 1.82) is 0 Å². The van der Waals surface area contributed by atoms with E-state index < -0.39 is 5.97 Å². The van der Waals surface area contributed by atoms with Gasteiger partial charge in [0.2, 0.25) is 0 Å². The van der Waals surface area contributed by atoms with Gasteiger partial charge in [0.25, 0.3) is 0 Å². The largest absolute Gasteiger partial charge is 0.481 e. The van der Waals surface area contributed by atoms with Gasteiger partial charge in [-0.25, -0.2) is 0 Å². The van der Waals surface area contributed by atoms with Gasteiger partial charge in [-0.1, -0.05) is 26.8 Å². The number of aliphatic hydroxyl groups excluding tert-OH is 1. The van der Waals surface area contributed by atoms with Gasteiger partial charge in [-0.2, -0.15) is 0 Å². The smallest absolute Gasteiger partial charge is 0.303 e. The predicted octanol–water partition coefficient (Wildman–Crippen LogP) is 5.24. The first-order valence-corrected chi connectivity index (χ1v) is 12.2. The van der Waals surface area contributed by atoms with Crippen molar-refractivity contribution in [2.75, 3.05) is 0 Å². The summed E-state index contributed by atoms with van der Waals surface area (Å²) < 4.78 is 0. The minimum absolute atomic E-state index is 0.114. The molecule has 4 rings (SSSR count). The van der Waals surface area contributed by atoms with Crippen molar-refractivity contribution in [2.45, 2.75) is 91.6 Å². The molecule has 9 atom stereocenters. The van der Waals surface area contributed by atoms with Crippen molar-refractivity contribution in [3.8, 4) is 0 Å². The maximum Gasteiger partial charge on any atom is 0.303 e. The Morgan fingerprint density at radius 2 is 1.80 bits per heavy atom. The van der Waals surface area contributed by atoms with E-state index in [-0.39, 0.29) is 35.2 Å². The van der Waals surface area contributed by atoms with Crippen molar-refractivity contribution in [1.82, 2.24) is 0 Å². The van der Waals surface area contributed by atoms with Crippen LogP contribution in [0.15, 0.2) is 11.6 Å². The Labute approximate surface area is 181 Å². The SMILES string of the molecule is CC=C1C(=O)[C@@H]2[C@H](CC[C@]3(C)[C@@H]([C@H](C)CCC(=O)O)CC[C@@H]23)[C@@]2(C)CC[C@@H](O)C[C@@H]12. The molecule has 4 aliphatic carbocycles. The van der Waals surface area contributed by atoms with Crippen LogP contribution < -0.4 is 0 Å². The summed E-state index contributed by atoms with van der Waals surface area (Å²) in [6.45, 7) is 9.04. The van der Waals surface area contributed by atoms with Gasteiger partial charge in [-0.3, -0.25) is 9.59 Å². The van der Waals surface area contributed by atoms with Crippen LogP contribution in [0.5, 0.6) is 0 Å². The van der Waals surface area contributed by atoms with E-state index in [0.717, 1.165) is 56.9 Å². The molecule has 0 aliphatic heterocycles. The topological polar surface area (TPSA) is 74.6 Å². The van der Waals surface area contributed by atoms with Crippen LogP contribution in [0.3, 0.4) is 0 Å². The van der Waals surface area contributed by atoms with E-state index in [1.54, 1.807) is 0 Å². The fourth-order valence-electron chi connectivity index (χ4n) is 8.72. The summed E-state index contributed by atoms with van der Waals surface area (Å²) in [4.78, 5) is 24.9. The van der Waals surface area contributed by atoms with Crippen molar-refractivity contribution in [3.63, 3.8) is 0 Å². The fraction of sp³-hybridized carbons (Fsp3) is 0.846. The number of carbonyl (C=O) groups is 2. The van der Waals surface area contributed by atoms with E-state index in [1.807, 2.05) is 13.0 Å². The van der Waals surface area contributed by atoms with Gasteiger partial charge in [0.1, 0.15) is 0 Å². The molecule has 4 heteroatoms. The molecule has 4 saturated carbocycles. The number of aliphatic hydroxyl groups is 1. The van der Waals surface area contributed by atoms with Crippen molar-refractivity contribution in [3.05, 3.63) is 11.6 Å². The first kappa shape index (κ1) is 22.0. The molecule has 0 bridgehead atoms. The number of carboxylic acids is 1. The third kappa shape index (κ3) is 3.20. The lowest BCUT2D eigenvalue weighted by Gasteiger charge is -2.61. The van der Waals surface area contributed by atoms with Gasteiger partial charge in [0, 0.05) is 12.3 Å². The number of carbonyl (C=O) groups excluding carboxylic acids is 1. The second kappa shape index (κ2) is 7.76. The van der Waals surface area contributed by atoms with E-state index in [1.165, 1.54) is 0 Å². The molecule has 0 spiro atoms. The van der Waals surface area contributed by atoms with Crippen LogP contribution in [-0.2, 0) is 9.59 Å². The van der Waals surface area contributed by atoms with E-state index in [0.29, 0.717) is 29.5 Å². The van der Waals surface area contributed by atoms with Crippen LogP contribution in [0.2, 0.25) is 0 Å². The first-order chi connectivity index (χ1) is 14.1. The summed E-state index contributed by atoms with van der Waals surface area (Å²) in [7, 11) is 0. The summed E-state index contributed by atoms with van der Waals surface area (Å²) in [6.07, 6.45) is 9.86. The number of ketones is 1. The molecule has 0 radical (unpaired) electrons. The normalized spacial score (nSPS) is 48.0. The summed E-state index contributed by atoms with van der Waals surface area (Å²) in [5, 5.41) is 19.5. The molecule has 0 saturated heterocycles. The molecular weight excluding hydrogens is 376 g/mol. The summed E-state index contributed by atoms with van der Waals surface area (Å²) in [6, 6.07) is 0. The third-order valence-corrected chi connectivity index (χ3v) is 10.3. The van der Waals surface area contributed by atoms with Crippen LogP contribution in [-0.4, -0.2) is 28.1 Å². The molecular formula is C26H40O4. The highest BCUT2D eigenvalue weighted by Crippen LogP contribution is 2.68. The maximum atomic E-state index is 13.8. The number of fused-ring (bicyclic) bond motifs is 5. The minimum Gasteiger partial charge on any atom is -0.481 e. The highest BCUT2D eigenvalue weighted by atomic mass is 16.4. The molecule has 168 valence electrons. The molecule has 0 aromatic carbocycles. The molecule has 2 N–H and O–H groups in total. The van der Waals surface area contributed by atoms with Crippen molar-refractivity contribution < 1.29 is 19.8 Å². The summed E-state index contributed by atoms with van der Waals surface area (Å²) >= 11 is 0. The highest BCUT2D eigenvalue weighted by molar-refractivity contribution is 5.99. The summed E-state index contributed by atoms with van der Waals surface area (Å²) in [5.74, 6) is 1.74. The number of hydrogen-bond donors (Lipinski definition) is 2. The molecule has 0 unspecified atom stereocenters. The van der Waals surface area contributed by atoms with Gasteiger partial charge in [0.15, 0.2) is 5.78 Å². The lowest BCUT2D eigenvalue weighted by atomic mass is 9.43. The van der Waals surface area contributed by atoms with E-state index in [9.17, 15) is 14.7 Å². The zero-order valence-corrected chi connectivity index (χ0v) is 19.2. The number of carboxylic acid groups (broad SMARTS) is 1. The van der Waals surface area contributed by atoms with Crippen LogP contribution in [0, 0.1) is 46.3 Å². The van der Waals surface area contributed by atoms with Crippen molar-refractivity contribution in [2.24, 2.45) is 46.3 Å². The highest BCUT2D eigenvalue weighted by Gasteiger charge is 2.64. The number of rotatable bonds is 4. The van der Waals surface area contributed by atoms with Crippen LogP contribution in [0.25, 0.3) is 0 Å². The molecule has 0 aromatic rings. The molecule has 4 aliphatic rings. The number of allylic oxidation sites excluding steroid dienone is 2. The fourth-order valence-corrected chi connectivity index (χ4v) is 8.72. The van der Waals surface area contributed by atoms with Gasteiger partial charge in [-0.05, 0) is 104 Å². The zero-order valence-electron chi connectivity index (χ0n) is 19.2. The lowest BCUT2D eigenvalue weighted by molar-refractivity contribution is -0.150. The average molecular weight is 417 g/mol. The van der Waals surface area contributed by atoms with E-state index in [4.69, 9.17) is 5.11 Å². The number of aliphatic carboxylic acids is 1. The minimum atomic E-state index is -0.705. The summed E-state index contributed by atoms with van der Waals surface area (Å²) in [5.41, 5.74) is 1.25. The zero-order chi connectivity index (χ0) is 21.8. The Balaban J connectivity index is 1.64. The average Bonchev–Trinajstić information content (AvgIpc) is 3.05. The quantitative estimate of drug-likeness (QED) is 0.614. The van der Waals surface area contributed by atoms with Gasteiger partial charge < -0.3 is 10.2 Å². The predicted molar refractivity (Wildman–Crippen MR) is 117 cm³/mol. The lowest BCUT2D eigenvalue weighted by Crippen LogP contribution is -2.58. The maximum absolute atomic E-state index is 13.8. The van der Waals surface area contributed by atoms with E-state index in [2.05, 4.69) is 20.8 Å². The van der Waals surface area contributed by atoms with Gasteiger partial charge in [-0.15, -0.1) is 0 Å². The Morgan fingerprint density at radius 3 is 2.47 bits per heavy atom.